The first-order valence-electron chi connectivity index (χ1n) is 4.52. The largest absolute Gasteiger partial charge is 0.382 e. The number of pyridine rings is 1. The molecule has 15 heavy (non-hydrogen) atoms. The molecule has 78 valence electrons. The molecule has 0 aliphatic rings. The van der Waals surface area contributed by atoms with Crippen LogP contribution in [0.5, 0.6) is 0 Å². The summed E-state index contributed by atoms with van der Waals surface area (Å²) in [6, 6.07) is 5.65. The Morgan fingerprint density at radius 1 is 1.47 bits per heavy atom. The Balaban J connectivity index is 2.41. The van der Waals surface area contributed by atoms with Crippen LogP contribution in [-0.2, 0) is 0 Å². The van der Waals surface area contributed by atoms with Crippen LogP contribution >= 0.6 is 27.3 Å². The van der Waals surface area contributed by atoms with Crippen LogP contribution in [0.3, 0.4) is 0 Å². The van der Waals surface area contributed by atoms with Gasteiger partial charge in [-0.1, -0.05) is 0 Å². The van der Waals surface area contributed by atoms with Gasteiger partial charge in [-0.3, -0.25) is 4.98 Å². The second-order valence-electron chi connectivity index (χ2n) is 3.21. The third-order valence-corrected chi connectivity index (χ3v) is 3.77. The van der Waals surface area contributed by atoms with Crippen molar-refractivity contribution in [3.63, 3.8) is 0 Å². The summed E-state index contributed by atoms with van der Waals surface area (Å²) in [6.07, 6.45) is 1.04. The highest BCUT2D eigenvalue weighted by Crippen LogP contribution is 2.30. The fourth-order valence-corrected chi connectivity index (χ4v) is 2.63. The highest BCUT2D eigenvalue weighted by atomic mass is 79.9. The normalized spacial score (nSPS) is 12.7. The lowest BCUT2D eigenvalue weighted by atomic mass is 10.1. The van der Waals surface area contributed by atoms with E-state index in [-0.39, 0.29) is 0 Å². The molecule has 1 N–H and O–H groups in total. The minimum absolute atomic E-state index is 0.646. The van der Waals surface area contributed by atoms with Crippen LogP contribution in [0, 0.1) is 6.92 Å². The number of aliphatic hydroxyl groups is 1. The van der Waals surface area contributed by atoms with E-state index in [0.717, 1.165) is 14.9 Å². The fraction of sp³-hybridized carbons (Fsp3) is 0.182. The van der Waals surface area contributed by atoms with Crippen molar-refractivity contribution in [3.8, 4) is 0 Å². The summed E-state index contributed by atoms with van der Waals surface area (Å²) in [5.74, 6) is 0. The van der Waals surface area contributed by atoms with Crippen molar-refractivity contribution in [2.75, 3.05) is 0 Å². The van der Waals surface area contributed by atoms with Gasteiger partial charge >= 0.3 is 0 Å². The molecule has 0 aliphatic carbocycles. The molecule has 0 radical (unpaired) electrons. The molecule has 2 heterocycles. The zero-order valence-corrected chi connectivity index (χ0v) is 10.5. The summed E-state index contributed by atoms with van der Waals surface area (Å²) in [5.41, 5.74) is 1.60. The third kappa shape index (κ3) is 2.12. The van der Waals surface area contributed by atoms with E-state index in [1.807, 2.05) is 30.5 Å². The molecule has 0 spiro atoms. The van der Waals surface area contributed by atoms with Gasteiger partial charge in [0, 0.05) is 21.1 Å². The number of thiophene rings is 1. The molecule has 1 atom stereocenters. The molecule has 2 rings (SSSR count). The molecule has 0 saturated heterocycles. The highest BCUT2D eigenvalue weighted by Gasteiger charge is 2.17. The Morgan fingerprint density at radius 3 is 2.87 bits per heavy atom. The third-order valence-electron chi connectivity index (χ3n) is 2.24. The van der Waals surface area contributed by atoms with Gasteiger partial charge in [-0.2, -0.15) is 0 Å². The summed E-state index contributed by atoms with van der Waals surface area (Å²) in [5, 5.41) is 12.1. The lowest BCUT2D eigenvalue weighted by molar-refractivity contribution is 0.214. The fourth-order valence-electron chi connectivity index (χ4n) is 1.42. The maximum absolute atomic E-state index is 10.2. The SMILES string of the molecule is Cc1sccc1C(O)c1ncccc1Br. The number of aliphatic hydroxyl groups excluding tert-OH is 1. The first kappa shape index (κ1) is 10.8. The molecular weight excluding hydrogens is 274 g/mol. The van der Waals surface area contributed by atoms with Crippen LogP contribution in [0.4, 0.5) is 0 Å². The lowest BCUT2D eigenvalue weighted by Crippen LogP contribution is -2.03. The van der Waals surface area contributed by atoms with E-state index in [0.29, 0.717) is 5.69 Å². The summed E-state index contributed by atoms with van der Waals surface area (Å²) in [4.78, 5) is 5.31. The van der Waals surface area contributed by atoms with Crippen molar-refractivity contribution in [1.29, 1.82) is 0 Å². The number of halogens is 1. The van der Waals surface area contributed by atoms with E-state index < -0.39 is 6.10 Å². The molecule has 0 fully saturated rings. The molecule has 0 bridgehead atoms. The van der Waals surface area contributed by atoms with Gasteiger partial charge in [0.1, 0.15) is 6.10 Å². The van der Waals surface area contributed by atoms with E-state index in [9.17, 15) is 5.11 Å². The monoisotopic (exact) mass is 283 g/mol. The molecule has 0 saturated carbocycles. The topological polar surface area (TPSA) is 33.1 Å². The first-order valence-corrected chi connectivity index (χ1v) is 6.20. The van der Waals surface area contributed by atoms with E-state index in [2.05, 4.69) is 20.9 Å². The molecule has 0 aromatic carbocycles. The molecule has 2 nitrogen and oxygen atoms in total. The summed E-state index contributed by atoms with van der Waals surface area (Å²) < 4.78 is 0.836. The molecule has 0 aliphatic heterocycles. The van der Waals surface area contributed by atoms with Crippen LogP contribution in [-0.4, -0.2) is 10.1 Å². The maximum atomic E-state index is 10.2. The number of aromatic nitrogens is 1. The summed E-state index contributed by atoms with van der Waals surface area (Å²) >= 11 is 5.02. The van der Waals surface area contributed by atoms with Crippen molar-refractivity contribution in [3.05, 3.63) is 50.4 Å². The minimum atomic E-state index is -0.646. The Morgan fingerprint density at radius 2 is 2.27 bits per heavy atom. The zero-order valence-electron chi connectivity index (χ0n) is 8.14. The maximum Gasteiger partial charge on any atom is 0.123 e. The molecule has 0 amide bonds. The Labute approximate surface area is 101 Å². The van der Waals surface area contributed by atoms with Crippen LogP contribution in [0.25, 0.3) is 0 Å². The van der Waals surface area contributed by atoms with Gasteiger partial charge in [0.05, 0.1) is 5.69 Å². The van der Waals surface area contributed by atoms with Gasteiger partial charge in [-0.05, 0) is 46.4 Å². The first-order chi connectivity index (χ1) is 7.20. The number of rotatable bonds is 2. The van der Waals surface area contributed by atoms with Crippen molar-refractivity contribution < 1.29 is 5.11 Å². The zero-order chi connectivity index (χ0) is 10.8. The molecule has 4 heteroatoms. The van der Waals surface area contributed by atoms with E-state index in [4.69, 9.17) is 0 Å². The van der Waals surface area contributed by atoms with Crippen molar-refractivity contribution in [2.24, 2.45) is 0 Å². The van der Waals surface area contributed by atoms with E-state index in [1.54, 1.807) is 17.5 Å². The van der Waals surface area contributed by atoms with Crippen molar-refractivity contribution in [1.82, 2.24) is 4.98 Å². The predicted octanol–water partition coefficient (Wildman–Crippen LogP) is 3.30. The van der Waals surface area contributed by atoms with Crippen LogP contribution in [0.1, 0.15) is 22.2 Å². The highest BCUT2D eigenvalue weighted by molar-refractivity contribution is 9.10. The van der Waals surface area contributed by atoms with Gasteiger partial charge in [-0.15, -0.1) is 11.3 Å². The number of hydrogen-bond donors (Lipinski definition) is 1. The average molecular weight is 284 g/mol. The van der Waals surface area contributed by atoms with Gasteiger partial charge in [-0.25, -0.2) is 0 Å². The average Bonchev–Trinajstić information content (AvgIpc) is 2.64. The summed E-state index contributed by atoms with van der Waals surface area (Å²) in [7, 11) is 0. The summed E-state index contributed by atoms with van der Waals surface area (Å²) in [6.45, 7) is 2.00. The number of nitrogens with zero attached hydrogens (tertiary/aromatic N) is 1. The van der Waals surface area contributed by atoms with Gasteiger partial charge < -0.3 is 5.11 Å². The smallest absolute Gasteiger partial charge is 0.123 e. The van der Waals surface area contributed by atoms with Crippen LogP contribution in [0.15, 0.2) is 34.2 Å². The Kier molecular flexibility index (Phi) is 3.19. The second kappa shape index (κ2) is 4.43. The Bertz CT molecular complexity index is 469. The minimum Gasteiger partial charge on any atom is -0.382 e. The predicted molar refractivity (Wildman–Crippen MR) is 65.1 cm³/mol. The quantitative estimate of drug-likeness (QED) is 0.918. The number of hydrogen-bond acceptors (Lipinski definition) is 3. The number of aryl methyl sites for hydroxylation is 1. The lowest BCUT2D eigenvalue weighted by Gasteiger charge is -2.11. The van der Waals surface area contributed by atoms with Gasteiger partial charge in [0.2, 0.25) is 0 Å². The molecule has 1 unspecified atom stereocenters. The van der Waals surface area contributed by atoms with Crippen LogP contribution in [0.2, 0.25) is 0 Å². The van der Waals surface area contributed by atoms with Crippen molar-refractivity contribution in [2.45, 2.75) is 13.0 Å². The second-order valence-corrected chi connectivity index (χ2v) is 5.18. The van der Waals surface area contributed by atoms with E-state index >= 15 is 0 Å². The molecular formula is C11H10BrNOS. The van der Waals surface area contributed by atoms with Crippen molar-refractivity contribution >= 4 is 27.3 Å². The van der Waals surface area contributed by atoms with Gasteiger partial charge in [0.15, 0.2) is 0 Å². The van der Waals surface area contributed by atoms with Gasteiger partial charge in [0.25, 0.3) is 0 Å². The van der Waals surface area contributed by atoms with Crippen LogP contribution < -0.4 is 0 Å². The molecule has 2 aromatic rings. The standard InChI is InChI=1S/C11H10BrNOS/c1-7-8(4-6-15-7)11(14)10-9(12)3-2-5-13-10/h2-6,11,14H,1H3. The van der Waals surface area contributed by atoms with E-state index in [1.165, 1.54) is 0 Å². The Hall–Kier alpha value is -0.710. The molecule has 2 aromatic heterocycles.